The van der Waals surface area contributed by atoms with Crippen LogP contribution in [0.25, 0.3) is 11.3 Å². The molecule has 0 aliphatic rings. The highest BCUT2D eigenvalue weighted by Crippen LogP contribution is 2.20. The third-order valence-corrected chi connectivity index (χ3v) is 3.50. The van der Waals surface area contributed by atoms with E-state index >= 15 is 0 Å². The van der Waals surface area contributed by atoms with Crippen molar-refractivity contribution in [1.29, 1.82) is 0 Å². The molecule has 0 bridgehead atoms. The van der Waals surface area contributed by atoms with E-state index in [4.69, 9.17) is 4.42 Å². The Bertz CT molecular complexity index is 781. The van der Waals surface area contributed by atoms with Gasteiger partial charge in [0.25, 0.3) is 0 Å². The van der Waals surface area contributed by atoms with Crippen LogP contribution >= 0.6 is 0 Å². The predicted octanol–water partition coefficient (Wildman–Crippen LogP) is 1.48. The lowest BCUT2D eigenvalue weighted by molar-refractivity contribution is -0.120. The predicted molar refractivity (Wildman–Crippen MR) is 88.7 cm³/mol. The summed E-state index contributed by atoms with van der Waals surface area (Å²) in [5.74, 6) is 0.649. The van der Waals surface area contributed by atoms with Gasteiger partial charge in [0, 0.05) is 43.3 Å². The van der Waals surface area contributed by atoms with Gasteiger partial charge in [-0.1, -0.05) is 0 Å². The first-order valence-corrected chi connectivity index (χ1v) is 7.65. The van der Waals surface area contributed by atoms with Gasteiger partial charge in [-0.2, -0.15) is 5.10 Å². The molecule has 3 aromatic heterocycles. The van der Waals surface area contributed by atoms with Crippen LogP contribution in [0.2, 0.25) is 0 Å². The number of furan rings is 1. The molecule has 0 spiro atoms. The summed E-state index contributed by atoms with van der Waals surface area (Å²) < 4.78 is 6.94. The van der Waals surface area contributed by atoms with Crippen molar-refractivity contribution in [2.75, 3.05) is 6.54 Å². The van der Waals surface area contributed by atoms with E-state index in [9.17, 15) is 4.79 Å². The van der Waals surface area contributed by atoms with E-state index in [-0.39, 0.29) is 12.5 Å². The smallest absolute Gasteiger partial charge is 0.234 e. The Hall–Kier alpha value is -2.93. The SMILES string of the molecule is Cn1cc(CNCC(=O)NCc2ccco2)c(-c2ccncc2)n1. The summed E-state index contributed by atoms with van der Waals surface area (Å²) in [6.45, 7) is 1.17. The largest absolute Gasteiger partial charge is 0.467 e. The van der Waals surface area contributed by atoms with Gasteiger partial charge in [0.1, 0.15) is 5.76 Å². The van der Waals surface area contributed by atoms with Crippen LogP contribution in [0.15, 0.2) is 53.5 Å². The second kappa shape index (κ2) is 7.56. The van der Waals surface area contributed by atoms with Gasteiger partial charge in [-0.05, 0) is 24.3 Å². The minimum absolute atomic E-state index is 0.0826. The Morgan fingerprint density at radius 3 is 2.83 bits per heavy atom. The molecule has 7 nitrogen and oxygen atoms in total. The molecule has 3 rings (SSSR count). The molecule has 1 amide bonds. The molecule has 0 saturated heterocycles. The summed E-state index contributed by atoms with van der Waals surface area (Å²) in [6, 6.07) is 7.46. The molecule has 0 saturated carbocycles. The van der Waals surface area contributed by atoms with Gasteiger partial charge >= 0.3 is 0 Å². The van der Waals surface area contributed by atoms with Crippen molar-refractivity contribution in [2.24, 2.45) is 7.05 Å². The highest BCUT2D eigenvalue weighted by Gasteiger charge is 2.10. The monoisotopic (exact) mass is 325 g/mol. The topological polar surface area (TPSA) is 85.0 Å². The third kappa shape index (κ3) is 4.08. The molecule has 0 fully saturated rings. The lowest BCUT2D eigenvalue weighted by Crippen LogP contribution is -2.33. The van der Waals surface area contributed by atoms with Crippen molar-refractivity contribution in [2.45, 2.75) is 13.1 Å². The van der Waals surface area contributed by atoms with E-state index in [0.29, 0.717) is 13.1 Å². The van der Waals surface area contributed by atoms with E-state index in [1.165, 1.54) is 0 Å². The molecule has 0 unspecified atom stereocenters. The van der Waals surface area contributed by atoms with Crippen LogP contribution in [0.3, 0.4) is 0 Å². The highest BCUT2D eigenvalue weighted by molar-refractivity contribution is 5.77. The molecule has 24 heavy (non-hydrogen) atoms. The molecule has 0 aliphatic heterocycles. The lowest BCUT2D eigenvalue weighted by atomic mass is 10.1. The third-order valence-electron chi connectivity index (χ3n) is 3.50. The van der Waals surface area contributed by atoms with Gasteiger partial charge in [-0.25, -0.2) is 0 Å². The zero-order valence-electron chi connectivity index (χ0n) is 13.4. The average Bonchev–Trinajstić information content (AvgIpc) is 3.23. The summed E-state index contributed by atoms with van der Waals surface area (Å²) >= 11 is 0. The maximum atomic E-state index is 11.8. The fourth-order valence-corrected chi connectivity index (χ4v) is 2.39. The summed E-state index contributed by atoms with van der Waals surface area (Å²) in [5.41, 5.74) is 2.93. The molecule has 0 atom stereocenters. The average molecular weight is 325 g/mol. The second-order valence-corrected chi connectivity index (χ2v) is 5.37. The van der Waals surface area contributed by atoms with Crippen molar-refractivity contribution in [1.82, 2.24) is 25.4 Å². The van der Waals surface area contributed by atoms with Gasteiger partial charge in [0.15, 0.2) is 0 Å². The van der Waals surface area contributed by atoms with Crippen LogP contribution in [-0.4, -0.2) is 27.2 Å². The summed E-state index contributed by atoms with van der Waals surface area (Å²) in [4.78, 5) is 15.9. The number of nitrogens with one attached hydrogen (secondary N) is 2. The lowest BCUT2D eigenvalue weighted by Gasteiger charge is -2.06. The number of carbonyl (C=O) groups excluding carboxylic acids is 1. The maximum absolute atomic E-state index is 11.8. The van der Waals surface area contributed by atoms with E-state index in [1.54, 1.807) is 29.4 Å². The van der Waals surface area contributed by atoms with Gasteiger partial charge < -0.3 is 15.1 Å². The fraction of sp³-hybridized carbons (Fsp3) is 0.235. The number of pyridine rings is 1. The molecule has 124 valence electrons. The number of amides is 1. The standard InChI is InChI=1S/C17H19N5O2/c1-22-12-14(17(21-22)13-4-6-18-7-5-13)9-19-11-16(23)20-10-15-3-2-8-24-15/h2-8,12,19H,9-11H2,1H3,(H,20,23). The molecule has 7 heteroatoms. The first kappa shape index (κ1) is 15.9. The molecule has 3 aromatic rings. The van der Waals surface area contributed by atoms with Crippen LogP contribution in [0.4, 0.5) is 0 Å². The number of nitrogens with zero attached hydrogens (tertiary/aromatic N) is 3. The molecular weight excluding hydrogens is 306 g/mol. The molecule has 3 heterocycles. The van der Waals surface area contributed by atoms with Crippen molar-refractivity contribution in [3.05, 3.63) is 60.4 Å². The van der Waals surface area contributed by atoms with E-state index < -0.39 is 0 Å². The van der Waals surface area contributed by atoms with Gasteiger partial charge in [-0.3, -0.25) is 14.5 Å². The van der Waals surface area contributed by atoms with Crippen LogP contribution < -0.4 is 10.6 Å². The summed E-state index contributed by atoms with van der Waals surface area (Å²) in [7, 11) is 1.88. The molecule has 0 aromatic carbocycles. The molecule has 2 N–H and O–H groups in total. The Labute approximate surface area is 139 Å². The molecule has 0 radical (unpaired) electrons. The van der Waals surface area contributed by atoms with E-state index in [2.05, 4.69) is 20.7 Å². The van der Waals surface area contributed by atoms with E-state index in [1.807, 2.05) is 31.4 Å². The second-order valence-electron chi connectivity index (χ2n) is 5.37. The van der Waals surface area contributed by atoms with Crippen LogP contribution in [0.1, 0.15) is 11.3 Å². The number of carbonyl (C=O) groups is 1. The number of rotatable bonds is 7. The highest BCUT2D eigenvalue weighted by atomic mass is 16.3. The number of aromatic nitrogens is 3. The molecule has 0 aliphatic carbocycles. The van der Waals surface area contributed by atoms with Crippen LogP contribution in [0.5, 0.6) is 0 Å². The number of hydrogen-bond acceptors (Lipinski definition) is 5. The maximum Gasteiger partial charge on any atom is 0.234 e. The fourth-order valence-electron chi connectivity index (χ4n) is 2.39. The summed E-state index contributed by atoms with van der Waals surface area (Å²) in [5, 5.41) is 10.4. The van der Waals surface area contributed by atoms with Crippen molar-refractivity contribution in [3.8, 4) is 11.3 Å². The number of hydrogen-bond donors (Lipinski definition) is 2. The zero-order chi connectivity index (χ0) is 16.8. The van der Waals surface area contributed by atoms with Crippen molar-refractivity contribution >= 4 is 5.91 Å². The van der Waals surface area contributed by atoms with Gasteiger partial charge in [0.2, 0.25) is 5.91 Å². The quantitative estimate of drug-likeness (QED) is 0.687. The van der Waals surface area contributed by atoms with Crippen LogP contribution in [0, 0.1) is 0 Å². The minimum Gasteiger partial charge on any atom is -0.467 e. The molecular formula is C17H19N5O2. The van der Waals surface area contributed by atoms with Gasteiger partial charge in [-0.15, -0.1) is 0 Å². The minimum atomic E-state index is -0.0826. The first-order chi connectivity index (χ1) is 11.7. The van der Waals surface area contributed by atoms with Crippen molar-refractivity contribution in [3.63, 3.8) is 0 Å². The van der Waals surface area contributed by atoms with Crippen molar-refractivity contribution < 1.29 is 9.21 Å². The normalized spacial score (nSPS) is 10.7. The Kier molecular flexibility index (Phi) is 5.02. The number of aryl methyl sites for hydroxylation is 1. The van der Waals surface area contributed by atoms with Crippen LogP contribution in [-0.2, 0) is 24.9 Å². The Morgan fingerprint density at radius 1 is 1.25 bits per heavy atom. The van der Waals surface area contributed by atoms with E-state index in [0.717, 1.165) is 22.6 Å². The zero-order valence-corrected chi connectivity index (χ0v) is 13.4. The summed E-state index contributed by atoms with van der Waals surface area (Å²) in [6.07, 6.45) is 7.01. The Balaban J connectivity index is 1.52. The van der Waals surface area contributed by atoms with Gasteiger partial charge in [0.05, 0.1) is 25.0 Å². The first-order valence-electron chi connectivity index (χ1n) is 7.65. The Morgan fingerprint density at radius 2 is 2.08 bits per heavy atom.